The van der Waals surface area contributed by atoms with Gasteiger partial charge in [0.1, 0.15) is 23.1 Å². The maximum atomic E-state index is 13.4. The van der Waals surface area contributed by atoms with Gasteiger partial charge in [-0.1, -0.05) is 24.3 Å². The van der Waals surface area contributed by atoms with Gasteiger partial charge in [-0.2, -0.15) is 0 Å². The predicted molar refractivity (Wildman–Crippen MR) is 76.4 cm³/mol. The number of para-hydroxylation sites is 2. The lowest BCUT2D eigenvalue weighted by molar-refractivity contribution is -0.118. The molecule has 0 saturated heterocycles. The van der Waals surface area contributed by atoms with Crippen LogP contribution >= 0.6 is 0 Å². The fourth-order valence-corrected chi connectivity index (χ4v) is 1.96. The zero-order valence-corrected chi connectivity index (χ0v) is 11.7. The Kier molecular flexibility index (Phi) is 4.52. The molecule has 0 bridgehead atoms. The van der Waals surface area contributed by atoms with Crippen molar-refractivity contribution >= 4 is 11.6 Å². The van der Waals surface area contributed by atoms with Gasteiger partial charge < -0.3 is 10.1 Å². The lowest BCUT2D eigenvalue weighted by atomic mass is 10.1. The molecule has 0 aliphatic heterocycles. The number of amides is 1. The van der Waals surface area contributed by atoms with Crippen LogP contribution in [0.3, 0.4) is 0 Å². The number of anilines is 1. The number of carbonyl (C=O) groups excluding carboxylic acids is 1. The minimum absolute atomic E-state index is 0.320. The molecule has 0 unspecified atom stereocenters. The van der Waals surface area contributed by atoms with Gasteiger partial charge in [-0.25, -0.2) is 8.78 Å². The zero-order valence-electron chi connectivity index (χ0n) is 11.7. The quantitative estimate of drug-likeness (QED) is 0.934. The average molecular weight is 291 g/mol. The smallest absolute Gasteiger partial charge is 0.262 e. The van der Waals surface area contributed by atoms with Crippen LogP contribution in [0.2, 0.25) is 0 Å². The van der Waals surface area contributed by atoms with E-state index in [0.717, 1.165) is 23.3 Å². The van der Waals surface area contributed by atoms with Crippen LogP contribution in [0.25, 0.3) is 0 Å². The Morgan fingerprint density at radius 2 is 1.57 bits per heavy atom. The van der Waals surface area contributed by atoms with Crippen molar-refractivity contribution in [2.24, 2.45) is 0 Å². The summed E-state index contributed by atoms with van der Waals surface area (Å²) in [6.45, 7) is 3.40. The number of carbonyl (C=O) groups is 1. The van der Waals surface area contributed by atoms with E-state index in [1.807, 2.05) is 32.0 Å². The van der Waals surface area contributed by atoms with Crippen LogP contribution in [0, 0.1) is 25.5 Å². The molecule has 0 saturated carbocycles. The highest BCUT2D eigenvalue weighted by Crippen LogP contribution is 2.22. The number of nitrogens with one attached hydrogen (secondary N) is 1. The Bertz CT molecular complexity index is 631. The lowest BCUT2D eigenvalue weighted by Crippen LogP contribution is -2.22. The van der Waals surface area contributed by atoms with Gasteiger partial charge >= 0.3 is 0 Å². The topological polar surface area (TPSA) is 38.3 Å². The molecule has 0 spiro atoms. The van der Waals surface area contributed by atoms with Crippen LogP contribution in [0.5, 0.6) is 5.75 Å². The summed E-state index contributed by atoms with van der Waals surface area (Å²) < 4.78 is 32.2. The standard InChI is InChI=1S/C16H15F2NO2/c1-10-5-3-6-11(2)16(10)21-9-14(20)19-15-12(17)7-4-8-13(15)18/h3-8H,9H2,1-2H3,(H,19,20). The van der Waals surface area contributed by atoms with E-state index in [0.29, 0.717) is 5.75 Å². The maximum absolute atomic E-state index is 13.4. The third-order valence-electron chi connectivity index (χ3n) is 2.98. The fraction of sp³-hybridized carbons (Fsp3) is 0.188. The SMILES string of the molecule is Cc1cccc(C)c1OCC(=O)Nc1c(F)cccc1F. The number of hydrogen-bond donors (Lipinski definition) is 1. The predicted octanol–water partition coefficient (Wildman–Crippen LogP) is 3.60. The molecule has 1 N–H and O–H groups in total. The Morgan fingerprint density at radius 1 is 1.05 bits per heavy atom. The zero-order chi connectivity index (χ0) is 15.4. The molecule has 0 heterocycles. The maximum Gasteiger partial charge on any atom is 0.262 e. The van der Waals surface area contributed by atoms with Gasteiger partial charge in [-0.15, -0.1) is 0 Å². The highest BCUT2D eigenvalue weighted by atomic mass is 19.1. The molecule has 2 aromatic carbocycles. The molecular weight excluding hydrogens is 276 g/mol. The van der Waals surface area contributed by atoms with E-state index in [1.165, 1.54) is 6.07 Å². The number of aryl methyl sites for hydroxylation is 2. The van der Waals surface area contributed by atoms with Crippen molar-refractivity contribution in [2.75, 3.05) is 11.9 Å². The molecule has 0 aliphatic rings. The Hall–Kier alpha value is -2.43. The lowest BCUT2D eigenvalue weighted by Gasteiger charge is -2.12. The van der Waals surface area contributed by atoms with Crippen molar-refractivity contribution < 1.29 is 18.3 Å². The number of halogens is 2. The van der Waals surface area contributed by atoms with Crippen LogP contribution in [-0.4, -0.2) is 12.5 Å². The second-order valence-electron chi connectivity index (χ2n) is 4.65. The average Bonchev–Trinajstić information content (AvgIpc) is 2.42. The van der Waals surface area contributed by atoms with Crippen molar-refractivity contribution in [1.82, 2.24) is 0 Å². The third kappa shape index (κ3) is 3.56. The summed E-state index contributed by atoms with van der Waals surface area (Å²) in [5.41, 5.74) is 1.31. The van der Waals surface area contributed by atoms with Gasteiger partial charge in [0.15, 0.2) is 6.61 Å². The Morgan fingerprint density at radius 3 is 2.14 bits per heavy atom. The fourth-order valence-electron chi connectivity index (χ4n) is 1.96. The van der Waals surface area contributed by atoms with E-state index in [4.69, 9.17) is 4.74 Å². The van der Waals surface area contributed by atoms with Crippen molar-refractivity contribution in [3.63, 3.8) is 0 Å². The van der Waals surface area contributed by atoms with E-state index in [9.17, 15) is 13.6 Å². The van der Waals surface area contributed by atoms with Crippen LogP contribution in [-0.2, 0) is 4.79 Å². The third-order valence-corrected chi connectivity index (χ3v) is 2.98. The van der Waals surface area contributed by atoms with Gasteiger partial charge in [-0.3, -0.25) is 4.79 Å². The molecule has 0 radical (unpaired) electrons. The van der Waals surface area contributed by atoms with Gasteiger partial charge in [-0.05, 0) is 37.1 Å². The molecule has 0 aromatic heterocycles. The molecule has 0 atom stereocenters. The summed E-state index contributed by atoms with van der Waals surface area (Å²) in [7, 11) is 0. The minimum Gasteiger partial charge on any atom is -0.483 e. The normalized spacial score (nSPS) is 10.3. The highest BCUT2D eigenvalue weighted by Gasteiger charge is 2.13. The molecule has 2 rings (SSSR count). The van der Waals surface area contributed by atoms with Crippen molar-refractivity contribution in [3.05, 3.63) is 59.2 Å². The van der Waals surface area contributed by atoms with Gasteiger partial charge in [0.25, 0.3) is 5.91 Å². The van der Waals surface area contributed by atoms with Gasteiger partial charge in [0.2, 0.25) is 0 Å². The molecule has 3 nitrogen and oxygen atoms in total. The van der Waals surface area contributed by atoms with Crippen molar-refractivity contribution in [3.8, 4) is 5.75 Å². The number of hydrogen-bond acceptors (Lipinski definition) is 2. The summed E-state index contributed by atoms with van der Waals surface area (Å²) in [5, 5.41) is 2.17. The van der Waals surface area contributed by atoms with Gasteiger partial charge in [0, 0.05) is 0 Å². The van der Waals surface area contributed by atoms with E-state index < -0.39 is 23.2 Å². The highest BCUT2D eigenvalue weighted by molar-refractivity contribution is 5.92. The largest absolute Gasteiger partial charge is 0.483 e. The van der Waals surface area contributed by atoms with Crippen LogP contribution in [0.1, 0.15) is 11.1 Å². The second kappa shape index (κ2) is 6.35. The van der Waals surface area contributed by atoms with E-state index in [-0.39, 0.29) is 6.61 Å². The monoisotopic (exact) mass is 291 g/mol. The molecule has 5 heteroatoms. The van der Waals surface area contributed by atoms with E-state index in [2.05, 4.69) is 5.32 Å². The molecule has 21 heavy (non-hydrogen) atoms. The van der Waals surface area contributed by atoms with E-state index >= 15 is 0 Å². The molecular formula is C16H15F2NO2. The first-order chi connectivity index (χ1) is 9.99. The first-order valence-corrected chi connectivity index (χ1v) is 6.42. The summed E-state index contributed by atoms with van der Waals surface area (Å²) >= 11 is 0. The molecule has 110 valence electrons. The van der Waals surface area contributed by atoms with Crippen LogP contribution < -0.4 is 10.1 Å². The summed E-state index contributed by atoms with van der Waals surface area (Å²) in [6.07, 6.45) is 0. The summed E-state index contributed by atoms with van der Waals surface area (Å²) in [5.74, 6) is -1.67. The van der Waals surface area contributed by atoms with E-state index in [1.54, 1.807) is 0 Å². The number of ether oxygens (including phenoxy) is 1. The molecule has 1 amide bonds. The number of rotatable bonds is 4. The first kappa shape index (κ1) is 15.0. The molecule has 0 aliphatic carbocycles. The van der Waals surface area contributed by atoms with Crippen LogP contribution in [0.15, 0.2) is 36.4 Å². The molecule has 2 aromatic rings. The number of benzene rings is 2. The van der Waals surface area contributed by atoms with Crippen molar-refractivity contribution in [2.45, 2.75) is 13.8 Å². The van der Waals surface area contributed by atoms with Crippen molar-refractivity contribution in [1.29, 1.82) is 0 Å². The first-order valence-electron chi connectivity index (χ1n) is 6.42. The molecule has 0 fully saturated rings. The van der Waals surface area contributed by atoms with Gasteiger partial charge in [0.05, 0.1) is 0 Å². The van der Waals surface area contributed by atoms with Crippen LogP contribution in [0.4, 0.5) is 14.5 Å². The second-order valence-corrected chi connectivity index (χ2v) is 4.65. The Labute approximate surface area is 121 Å². The summed E-state index contributed by atoms with van der Waals surface area (Å²) in [6, 6.07) is 8.98. The minimum atomic E-state index is -0.824. The summed E-state index contributed by atoms with van der Waals surface area (Å²) in [4.78, 5) is 11.7. The Balaban J connectivity index is 2.03.